The largest absolute Gasteiger partial charge is 0.467 e. The molecule has 0 aliphatic carbocycles. The van der Waals surface area contributed by atoms with Crippen molar-refractivity contribution >= 4 is 39.3 Å². The predicted molar refractivity (Wildman–Crippen MR) is 148 cm³/mol. The summed E-state index contributed by atoms with van der Waals surface area (Å²) in [5.41, 5.74) is -0.453. The number of benzene rings is 1. The minimum Gasteiger partial charge on any atom is -0.467 e. The van der Waals surface area contributed by atoms with Gasteiger partial charge in [0.15, 0.2) is 5.69 Å². The quantitative estimate of drug-likeness (QED) is 0.361. The lowest BCUT2D eigenvalue weighted by atomic mass is 9.85. The Hall–Kier alpha value is -3.01. The summed E-state index contributed by atoms with van der Waals surface area (Å²) in [5.74, 6) is -0.951. The molecule has 1 aromatic carbocycles. The number of ether oxygens (including phenoxy) is 3. The Bertz CT molecular complexity index is 1610. The number of alkyl halides is 3. The standard InChI is InChI=1S/C27H26BrClF4N6O4/c1-37(2)24(40)22-20(29)17-7-38(9-26(11-42-12-26)10-39(17)36-22)23-13-8-43-18(6-16(13)34-25(35-23)41-3)19-14(27(31,32)33)4-5-15(28)21(19)30/h4-5,18H,6-12H2,1-3H3. The molecule has 0 saturated carbocycles. The van der Waals surface area contributed by atoms with Crippen molar-refractivity contribution in [2.45, 2.75) is 38.4 Å². The molecule has 1 spiro atoms. The molecule has 0 N–H and O–H groups in total. The fourth-order valence-electron chi connectivity index (χ4n) is 5.73. The molecule has 0 radical (unpaired) electrons. The average molecular weight is 690 g/mol. The van der Waals surface area contributed by atoms with Crippen molar-refractivity contribution in [3.63, 3.8) is 0 Å². The Morgan fingerprint density at radius 2 is 1.98 bits per heavy atom. The van der Waals surface area contributed by atoms with Crippen molar-refractivity contribution in [1.82, 2.24) is 24.6 Å². The van der Waals surface area contributed by atoms with Crippen LogP contribution in [-0.4, -0.2) is 71.5 Å². The SMILES string of the molecule is COc1nc2c(c(N3Cc4c(Cl)c(C(=O)N(C)C)nn4CC4(COC4)C3)n1)COC(c1c(C(F)(F)F)ccc(Br)c1F)C2. The smallest absolute Gasteiger partial charge is 0.416 e. The maximum absolute atomic E-state index is 15.2. The summed E-state index contributed by atoms with van der Waals surface area (Å²) < 4.78 is 75.4. The first-order valence-electron chi connectivity index (χ1n) is 13.2. The summed E-state index contributed by atoms with van der Waals surface area (Å²) in [7, 11) is 4.61. The van der Waals surface area contributed by atoms with E-state index in [1.807, 2.05) is 4.90 Å². The number of amides is 1. The first-order chi connectivity index (χ1) is 20.3. The number of carbonyl (C=O) groups is 1. The second-order valence-electron chi connectivity index (χ2n) is 11.1. The van der Waals surface area contributed by atoms with Gasteiger partial charge in [-0.15, -0.1) is 0 Å². The van der Waals surface area contributed by atoms with Crippen molar-refractivity contribution in [2.24, 2.45) is 5.41 Å². The number of methoxy groups -OCH3 is 1. The molecule has 230 valence electrons. The third-order valence-electron chi connectivity index (χ3n) is 7.87. The molecule has 3 aliphatic rings. The summed E-state index contributed by atoms with van der Waals surface area (Å²) >= 11 is 9.72. The van der Waals surface area contributed by atoms with E-state index in [0.29, 0.717) is 49.1 Å². The van der Waals surface area contributed by atoms with E-state index >= 15 is 4.39 Å². The maximum atomic E-state index is 15.2. The monoisotopic (exact) mass is 688 g/mol. The lowest BCUT2D eigenvalue weighted by molar-refractivity contribution is -0.140. The van der Waals surface area contributed by atoms with Gasteiger partial charge in [-0.1, -0.05) is 11.6 Å². The zero-order chi connectivity index (χ0) is 30.8. The van der Waals surface area contributed by atoms with Gasteiger partial charge in [0.1, 0.15) is 11.6 Å². The van der Waals surface area contributed by atoms with Crippen LogP contribution in [-0.2, 0) is 41.8 Å². The lowest BCUT2D eigenvalue weighted by Crippen LogP contribution is -2.52. The molecule has 10 nitrogen and oxygen atoms in total. The van der Waals surface area contributed by atoms with Gasteiger partial charge in [0.25, 0.3) is 5.91 Å². The maximum Gasteiger partial charge on any atom is 0.416 e. The van der Waals surface area contributed by atoms with Crippen LogP contribution in [0.5, 0.6) is 6.01 Å². The zero-order valence-corrected chi connectivity index (χ0v) is 25.6. The summed E-state index contributed by atoms with van der Waals surface area (Å²) in [6.45, 7) is 1.82. The van der Waals surface area contributed by atoms with Gasteiger partial charge in [-0.2, -0.15) is 28.2 Å². The number of halogens is 6. The second-order valence-corrected chi connectivity index (χ2v) is 12.3. The van der Waals surface area contributed by atoms with Crippen LogP contribution in [0.2, 0.25) is 5.02 Å². The molecule has 43 heavy (non-hydrogen) atoms. The van der Waals surface area contributed by atoms with E-state index in [4.69, 9.17) is 25.8 Å². The highest BCUT2D eigenvalue weighted by molar-refractivity contribution is 9.10. The third kappa shape index (κ3) is 5.23. The van der Waals surface area contributed by atoms with Crippen LogP contribution in [0.3, 0.4) is 0 Å². The van der Waals surface area contributed by atoms with Crippen molar-refractivity contribution in [3.05, 3.63) is 61.2 Å². The Labute approximate surface area is 257 Å². The van der Waals surface area contributed by atoms with E-state index in [2.05, 4.69) is 31.0 Å². The van der Waals surface area contributed by atoms with Crippen molar-refractivity contribution < 1.29 is 36.6 Å². The molecular weight excluding hydrogens is 664 g/mol. The van der Waals surface area contributed by atoms with Crippen LogP contribution in [0.25, 0.3) is 0 Å². The number of carbonyl (C=O) groups excluding carboxylic acids is 1. The van der Waals surface area contributed by atoms with E-state index in [1.165, 1.54) is 12.0 Å². The Morgan fingerprint density at radius 1 is 1.23 bits per heavy atom. The van der Waals surface area contributed by atoms with Gasteiger partial charge in [-0.05, 0) is 28.1 Å². The minimum absolute atomic E-state index is 0.00797. The Balaban J connectivity index is 1.42. The molecule has 1 fully saturated rings. The lowest BCUT2D eigenvalue weighted by Gasteiger charge is -2.43. The van der Waals surface area contributed by atoms with Crippen LogP contribution in [0.4, 0.5) is 23.4 Å². The van der Waals surface area contributed by atoms with E-state index in [0.717, 1.165) is 12.1 Å². The van der Waals surface area contributed by atoms with Gasteiger partial charge >= 0.3 is 12.2 Å². The van der Waals surface area contributed by atoms with E-state index < -0.39 is 29.2 Å². The third-order valence-corrected chi connectivity index (χ3v) is 8.88. The average Bonchev–Trinajstić information content (AvgIpc) is 3.12. The first kappa shape index (κ1) is 30.0. The van der Waals surface area contributed by atoms with Crippen LogP contribution >= 0.6 is 27.5 Å². The van der Waals surface area contributed by atoms with Gasteiger partial charge in [0.2, 0.25) is 0 Å². The van der Waals surface area contributed by atoms with Crippen molar-refractivity contribution in [1.29, 1.82) is 0 Å². The van der Waals surface area contributed by atoms with Crippen molar-refractivity contribution in [3.8, 4) is 6.01 Å². The second kappa shape index (κ2) is 10.9. The topological polar surface area (TPSA) is 94.8 Å². The molecule has 2 aromatic heterocycles. The number of hydrogen-bond acceptors (Lipinski definition) is 8. The molecular formula is C27H26BrClF4N6O4. The molecule has 3 aromatic rings. The summed E-state index contributed by atoms with van der Waals surface area (Å²) in [6.07, 6.45) is -6.21. The molecule has 1 saturated heterocycles. The van der Waals surface area contributed by atoms with Gasteiger partial charge in [-0.25, -0.2) is 4.39 Å². The minimum atomic E-state index is -4.80. The normalized spacial score (nSPS) is 19.4. The first-order valence-corrected chi connectivity index (χ1v) is 14.4. The van der Waals surface area contributed by atoms with Gasteiger partial charge in [-0.3, -0.25) is 9.48 Å². The van der Waals surface area contributed by atoms with Crippen LogP contribution in [0.1, 0.15) is 44.7 Å². The molecule has 1 atom stereocenters. The van der Waals surface area contributed by atoms with Gasteiger partial charge in [0.05, 0.1) is 78.0 Å². The summed E-state index contributed by atoms with van der Waals surface area (Å²) in [5, 5.41) is 4.76. The predicted octanol–water partition coefficient (Wildman–Crippen LogP) is 4.81. The zero-order valence-electron chi connectivity index (χ0n) is 23.3. The fraction of sp³-hybridized carbons (Fsp3) is 0.481. The Morgan fingerprint density at radius 3 is 2.60 bits per heavy atom. The highest BCUT2D eigenvalue weighted by atomic mass is 79.9. The van der Waals surface area contributed by atoms with Crippen LogP contribution in [0.15, 0.2) is 16.6 Å². The summed E-state index contributed by atoms with van der Waals surface area (Å²) in [6, 6.07) is 1.84. The molecule has 1 amide bonds. The molecule has 0 bridgehead atoms. The highest BCUT2D eigenvalue weighted by Gasteiger charge is 2.46. The number of aromatic nitrogens is 4. The number of anilines is 1. The molecule has 1 unspecified atom stereocenters. The molecule has 5 heterocycles. The number of nitrogens with zero attached hydrogens (tertiary/aromatic N) is 6. The summed E-state index contributed by atoms with van der Waals surface area (Å²) in [4.78, 5) is 25.2. The number of fused-ring (bicyclic) bond motifs is 2. The molecule has 16 heteroatoms. The van der Waals surface area contributed by atoms with Crippen LogP contribution in [0, 0.1) is 11.2 Å². The van der Waals surface area contributed by atoms with E-state index in [1.54, 1.807) is 18.8 Å². The number of rotatable bonds is 4. The molecule has 6 rings (SSSR count). The van der Waals surface area contributed by atoms with E-state index in [-0.39, 0.29) is 52.1 Å². The Kier molecular flexibility index (Phi) is 7.58. The fourth-order valence-corrected chi connectivity index (χ4v) is 6.36. The number of hydrogen-bond donors (Lipinski definition) is 0. The van der Waals surface area contributed by atoms with Gasteiger partial charge in [0, 0.05) is 38.2 Å². The van der Waals surface area contributed by atoms with E-state index in [9.17, 15) is 18.0 Å². The highest BCUT2D eigenvalue weighted by Crippen LogP contribution is 2.44. The molecule has 3 aliphatic heterocycles. The van der Waals surface area contributed by atoms with Crippen LogP contribution < -0.4 is 9.64 Å². The van der Waals surface area contributed by atoms with Gasteiger partial charge < -0.3 is 24.0 Å². The van der Waals surface area contributed by atoms with Crippen molar-refractivity contribution in [2.75, 3.05) is 45.9 Å².